The van der Waals surface area contributed by atoms with Crippen LogP contribution in [0.25, 0.3) is 22.3 Å². The molecule has 3 rings (SSSR count). The lowest BCUT2D eigenvalue weighted by molar-refractivity contribution is 0.481. The molecule has 0 saturated carbocycles. The topological polar surface area (TPSA) is 78.9 Å². The first kappa shape index (κ1) is 12.6. The Labute approximate surface area is 116 Å². The average Bonchev–Trinajstić information content (AvgIpc) is 2.41. The molecule has 2 N–H and O–H groups in total. The predicted molar refractivity (Wildman–Crippen MR) is 72.2 cm³/mol. The second-order valence-electron chi connectivity index (χ2n) is 4.06. The largest absolute Gasteiger partial charge is 0.505 e. The lowest BCUT2D eigenvalue weighted by Crippen LogP contribution is -2.11. The normalized spacial score (nSPS) is 10.9. The number of hydrogen-bond donors (Lipinski definition) is 2. The van der Waals surface area contributed by atoms with Gasteiger partial charge in [-0.3, -0.25) is 4.79 Å². The second kappa shape index (κ2) is 4.57. The number of aromatic amines is 1. The third-order valence-corrected chi connectivity index (χ3v) is 3.13. The number of aromatic hydroxyl groups is 1. The third-order valence-electron chi connectivity index (χ3n) is 2.82. The Morgan fingerprint density at radius 2 is 2.00 bits per heavy atom. The molecular formula is C13H7ClFN3O2. The van der Waals surface area contributed by atoms with Crippen LogP contribution in [0.1, 0.15) is 0 Å². The van der Waals surface area contributed by atoms with Gasteiger partial charge in [-0.25, -0.2) is 14.4 Å². The van der Waals surface area contributed by atoms with Crippen molar-refractivity contribution in [3.8, 4) is 16.9 Å². The summed E-state index contributed by atoms with van der Waals surface area (Å²) in [6.07, 6.45) is 2.78. The molecule has 100 valence electrons. The Balaban J connectivity index is 2.39. The van der Waals surface area contributed by atoms with Gasteiger partial charge in [-0.2, -0.15) is 0 Å². The van der Waals surface area contributed by atoms with Crippen LogP contribution in [0, 0.1) is 5.82 Å². The van der Waals surface area contributed by atoms with Gasteiger partial charge in [-0.1, -0.05) is 11.6 Å². The maximum atomic E-state index is 13.1. The smallest absolute Gasteiger partial charge is 0.261 e. The van der Waals surface area contributed by atoms with Gasteiger partial charge in [0.05, 0.1) is 10.6 Å². The summed E-state index contributed by atoms with van der Waals surface area (Å²) in [4.78, 5) is 22.4. The number of fused-ring (bicyclic) bond motifs is 1. The predicted octanol–water partition coefficient (Wildman–Crippen LogP) is 2.48. The Bertz CT molecular complexity index is 879. The number of rotatable bonds is 1. The van der Waals surface area contributed by atoms with E-state index >= 15 is 0 Å². The van der Waals surface area contributed by atoms with E-state index in [-0.39, 0.29) is 33.1 Å². The van der Waals surface area contributed by atoms with Crippen LogP contribution in [0.15, 0.2) is 35.4 Å². The van der Waals surface area contributed by atoms with Crippen LogP contribution in [0.3, 0.4) is 0 Å². The summed E-state index contributed by atoms with van der Waals surface area (Å²) in [5, 5.41) is 10.2. The van der Waals surface area contributed by atoms with Crippen LogP contribution in [0.4, 0.5) is 4.39 Å². The monoisotopic (exact) mass is 291 g/mol. The fraction of sp³-hybridized carbons (Fsp3) is 0. The van der Waals surface area contributed by atoms with E-state index in [2.05, 4.69) is 15.0 Å². The molecule has 0 aliphatic rings. The summed E-state index contributed by atoms with van der Waals surface area (Å²) in [6.45, 7) is 0. The van der Waals surface area contributed by atoms with E-state index in [1.165, 1.54) is 18.5 Å². The Hall–Kier alpha value is -2.47. The molecule has 0 fully saturated rings. The minimum atomic E-state index is -0.580. The van der Waals surface area contributed by atoms with Crippen LogP contribution in [0.5, 0.6) is 5.75 Å². The lowest BCUT2D eigenvalue weighted by atomic mass is 10.1. The Morgan fingerprint density at radius 1 is 1.25 bits per heavy atom. The summed E-state index contributed by atoms with van der Waals surface area (Å²) < 4.78 is 13.1. The minimum Gasteiger partial charge on any atom is -0.505 e. The van der Waals surface area contributed by atoms with Crippen molar-refractivity contribution in [3.05, 3.63) is 51.8 Å². The van der Waals surface area contributed by atoms with Crippen molar-refractivity contribution >= 4 is 22.8 Å². The molecule has 0 bridgehead atoms. The number of nitrogens with one attached hydrogen (secondary N) is 1. The summed E-state index contributed by atoms with van der Waals surface area (Å²) >= 11 is 5.92. The highest BCUT2D eigenvalue weighted by Gasteiger charge is 2.17. The van der Waals surface area contributed by atoms with E-state index in [1.807, 2.05) is 0 Å². The van der Waals surface area contributed by atoms with E-state index in [4.69, 9.17) is 11.6 Å². The molecule has 3 aromatic rings. The molecule has 20 heavy (non-hydrogen) atoms. The quantitative estimate of drug-likeness (QED) is 0.722. The number of aromatic nitrogens is 3. The average molecular weight is 292 g/mol. The Kier molecular flexibility index (Phi) is 2.87. The first-order chi connectivity index (χ1) is 9.58. The van der Waals surface area contributed by atoms with Crippen molar-refractivity contribution in [1.82, 2.24) is 15.0 Å². The fourth-order valence-corrected chi connectivity index (χ4v) is 2.20. The molecule has 1 aromatic carbocycles. The zero-order valence-corrected chi connectivity index (χ0v) is 10.6. The van der Waals surface area contributed by atoms with Gasteiger partial charge in [-0.05, 0) is 18.2 Å². The fourth-order valence-electron chi connectivity index (χ4n) is 1.94. The number of benzene rings is 1. The van der Waals surface area contributed by atoms with Crippen LogP contribution in [-0.2, 0) is 0 Å². The van der Waals surface area contributed by atoms with Crippen molar-refractivity contribution < 1.29 is 9.50 Å². The van der Waals surface area contributed by atoms with Crippen LogP contribution < -0.4 is 5.56 Å². The molecule has 7 heteroatoms. The number of hydrogen-bond acceptors (Lipinski definition) is 4. The molecule has 5 nitrogen and oxygen atoms in total. The van der Waals surface area contributed by atoms with Crippen molar-refractivity contribution in [3.63, 3.8) is 0 Å². The molecule has 2 aromatic heterocycles. The highest BCUT2D eigenvalue weighted by atomic mass is 35.5. The highest BCUT2D eigenvalue weighted by Crippen LogP contribution is 2.34. The number of halogens is 2. The zero-order valence-electron chi connectivity index (χ0n) is 9.89. The van der Waals surface area contributed by atoms with E-state index in [0.717, 1.165) is 12.1 Å². The molecule has 0 amide bonds. The molecule has 0 unspecified atom stereocenters. The van der Waals surface area contributed by atoms with E-state index in [1.54, 1.807) is 0 Å². The summed E-state index contributed by atoms with van der Waals surface area (Å²) in [5.41, 5.74) is -0.120. The van der Waals surface area contributed by atoms with Gasteiger partial charge in [0.15, 0.2) is 11.4 Å². The van der Waals surface area contributed by atoms with Crippen LogP contribution in [0.2, 0.25) is 5.02 Å². The van der Waals surface area contributed by atoms with E-state index in [9.17, 15) is 14.3 Å². The maximum Gasteiger partial charge on any atom is 0.261 e. The minimum absolute atomic E-state index is 0.0223. The lowest BCUT2D eigenvalue weighted by Gasteiger charge is -2.07. The van der Waals surface area contributed by atoms with Crippen molar-refractivity contribution in [2.45, 2.75) is 0 Å². The number of pyridine rings is 1. The van der Waals surface area contributed by atoms with Gasteiger partial charge in [-0.15, -0.1) is 0 Å². The standard InChI is InChI=1S/C13H7ClFN3O2/c14-8-5-6(15)1-2-7(8)9-11(19)10-12(18-13(9)20)17-4-3-16-10/h1-5H,(H2,17,18,19,20). The van der Waals surface area contributed by atoms with Gasteiger partial charge >= 0.3 is 0 Å². The summed E-state index contributed by atoms with van der Waals surface area (Å²) in [7, 11) is 0. The first-order valence-electron chi connectivity index (χ1n) is 5.59. The Morgan fingerprint density at radius 3 is 2.75 bits per heavy atom. The molecule has 0 spiro atoms. The molecular weight excluding hydrogens is 285 g/mol. The molecule has 0 aliphatic carbocycles. The van der Waals surface area contributed by atoms with E-state index < -0.39 is 11.4 Å². The van der Waals surface area contributed by atoms with Gasteiger partial charge in [0, 0.05) is 18.0 Å². The van der Waals surface area contributed by atoms with Crippen molar-refractivity contribution in [1.29, 1.82) is 0 Å². The summed E-state index contributed by atoms with van der Waals surface area (Å²) in [5.74, 6) is -0.874. The van der Waals surface area contributed by atoms with Crippen molar-refractivity contribution in [2.75, 3.05) is 0 Å². The van der Waals surface area contributed by atoms with Gasteiger partial charge in [0.25, 0.3) is 5.56 Å². The summed E-state index contributed by atoms with van der Waals surface area (Å²) in [6, 6.07) is 3.54. The van der Waals surface area contributed by atoms with E-state index in [0.29, 0.717) is 0 Å². The molecule has 2 heterocycles. The zero-order chi connectivity index (χ0) is 14.3. The highest BCUT2D eigenvalue weighted by molar-refractivity contribution is 6.33. The van der Waals surface area contributed by atoms with Crippen molar-refractivity contribution in [2.24, 2.45) is 0 Å². The first-order valence-corrected chi connectivity index (χ1v) is 5.97. The SMILES string of the molecule is O=c1[nH]c2nccnc2c(O)c1-c1ccc(F)cc1Cl. The number of nitrogens with zero attached hydrogens (tertiary/aromatic N) is 2. The maximum absolute atomic E-state index is 13.1. The van der Waals surface area contributed by atoms with Gasteiger partial charge in [0.1, 0.15) is 11.3 Å². The molecule has 0 radical (unpaired) electrons. The molecule has 0 atom stereocenters. The van der Waals surface area contributed by atoms with Crippen LogP contribution >= 0.6 is 11.6 Å². The second-order valence-corrected chi connectivity index (χ2v) is 4.46. The molecule has 0 saturated heterocycles. The molecule has 0 aliphatic heterocycles. The van der Waals surface area contributed by atoms with Crippen LogP contribution in [-0.4, -0.2) is 20.1 Å². The van der Waals surface area contributed by atoms with Gasteiger partial charge < -0.3 is 10.1 Å². The third kappa shape index (κ3) is 1.90. The van der Waals surface area contributed by atoms with Gasteiger partial charge in [0.2, 0.25) is 0 Å². The number of H-pyrrole nitrogens is 1.